The highest BCUT2D eigenvalue weighted by Crippen LogP contribution is 2.33. The van der Waals surface area contributed by atoms with Gasteiger partial charge in [-0.1, -0.05) is 30.0 Å². The van der Waals surface area contributed by atoms with Gasteiger partial charge in [0.05, 0.1) is 5.56 Å². The first-order valence-corrected chi connectivity index (χ1v) is 6.42. The highest BCUT2D eigenvalue weighted by Gasteiger charge is 2.10. The average molecular weight is 260 g/mol. The SMILES string of the molecule is Cc1ccc(C)c(Sc2cccc(F)c2C=O)c1. The van der Waals surface area contributed by atoms with E-state index in [4.69, 9.17) is 0 Å². The summed E-state index contributed by atoms with van der Waals surface area (Å²) in [6.07, 6.45) is 0.572. The first-order valence-electron chi connectivity index (χ1n) is 5.60. The molecule has 92 valence electrons. The predicted octanol–water partition coefficient (Wildman–Crippen LogP) is 4.41. The Hall–Kier alpha value is -1.61. The molecule has 2 aromatic carbocycles. The van der Waals surface area contributed by atoms with Crippen LogP contribution in [-0.2, 0) is 0 Å². The molecule has 0 aliphatic rings. The molecule has 0 fully saturated rings. The van der Waals surface area contributed by atoms with Crippen molar-refractivity contribution in [2.24, 2.45) is 0 Å². The molecule has 2 aromatic rings. The molecule has 0 N–H and O–H groups in total. The van der Waals surface area contributed by atoms with Gasteiger partial charge in [0.25, 0.3) is 0 Å². The second kappa shape index (κ2) is 5.36. The summed E-state index contributed by atoms with van der Waals surface area (Å²) in [5.74, 6) is -0.472. The molecule has 0 atom stereocenters. The molecule has 0 heterocycles. The van der Waals surface area contributed by atoms with E-state index >= 15 is 0 Å². The fourth-order valence-corrected chi connectivity index (χ4v) is 2.77. The Morgan fingerprint density at radius 2 is 1.89 bits per heavy atom. The highest BCUT2D eigenvalue weighted by atomic mass is 32.2. The number of aldehydes is 1. The molecule has 0 unspecified atom stereocenters. The van der Waals surface area contributed by atoms with Crippen LogP contribution in [0.25, 0.3) is 0 Å². The number of aryl methyl sites for hydroxylation is 2. The molecule has 3 heteroatoms. The summed E-state index contributed by atoms with van der Waals surface area (Å²) in [7, 11) is 0. The molecule has 0 saturated heterocycles. The highest BCUT2D eigenvalue weighted by molar-refractivity contribution is 7.99. The van der Waals surface area contributed by atoms with Gasteiger partial charge in [0.15, 0.2) is 6.29 Å². The lowest BCUT2D eigenvalue weighted by Gasteiger charge is -2.08. The first kappa shape index (κ1) is 12.8. The molecule has 18 heavy (non-hydrogen) atoms. The standard InChI is InChI=1S/C15H13FOS/c1-10-6-7-11(2)15(8-10)18-14-5-3-4-13(16)12(14)9-17/h3-9H,1-2H3. The van der Waals surface area contributed by atoms with E-state index in [9.17, 15) is 9.18 Å². The van der Waals surface area contributed by atoms with Gasteiger partial charge in [-0.3, -0.25) is 4.79 Å². The van der Waals surface area contributed by atoms with Gasteiger partial charge in [-0.05, 0) is 43.2 Å². The summed E-state index contributed by atoms with van der Waals surface area (Å²) < 4.78 is 13.5. The van der Waals surface area contributed by atoms with Crippen molar-refractivity contribution in [1.29, 1.82) is 0 Å². The van der Waals surface area contributed by atoms with Crippen LogP contribution in [0, 0.1) is 19.7 Å². The van der Waals surface area contributed by atoms with Crippen molar-refractivity contribution in [1.82, 2.24) is 0 Å². The van der Waals surface area contributed by atoms with E-state index in [0.29, 0.717) is 11.2 Å². The third-order valence-corrected chi connectivity index (χ3v) is 3.93. The second-order valence-electron chi connectivity index (χ2n) is 4.14. The average Bonchev–Trinajstić information content (AvgIpc) is 2.34. The predicted molar refractivity (Wildman–Crippen MR) is 71.8 cm³/mol. The van der Waals surface area contributed by atoms with Crippen molar-refractivity contribution in [3.8, 4) is 0 Å². The smallest absolute Gasteiger partial charge is 0.154 e. The summed E-state index contributed by atoms with van der Waals surface area (Å²) in [6, 6.07) is 10.8. The molecule has 0 radical (unpaired) electrons. The number of rotatable bonds is 3. The van der Waals surface area contributed by atoms with Crippen LogP contribution in [0.2, 0.25) is 0 Å². The molecule has 0 saturated carbocycles. The fourth-order valence-electron chi connectivity index (χ4n) is 1.66. The van der Waals surface area contributed by atoms with Gasteiger partial charge in [-0.15, -0.1) is 0 Å². The van der Waals surface area contributed by atoms with Crippen LogP contribution in [-0.4, -0.2) is 6.29 Å². The van der Waals surface area contributed by atoms with Crippen LogP contribution < -0.4 is 0 Å². The minimum Gasteiger partial charge on any atom is -0.298 e. The first-order chi connectivity index (χ1) is 8.61. The Bertz CT molecular complexity index is 593. The third-order valence-electron chi connectivity index (χ3n) is 2.69. The Morgan fingerprint density at radius 1 is 1.11 bits per heavy atom. The molecule has 0 amide bonds. The minimum absolute atomic E-state index is 0.128. The van der Waals surface area contributed by atoms with Crippen molar-refractivity contribution in [2.75, 3.05) is 0 Å². The number of hydrogen-bond acceptors (Lipinski definition) is 2. The Balaban J connectivity index is 2.43. The zero-order valence-corrected chi connectivity index (χ0v) is 11.1. The molecule has 0 aliphatic carbocycles. The lowest BCUT2D eigenvalue weighted by Crippen LogP contribution is -1.91. The van der Waals surface area contributed by atoms with Crippen LogP contribution in [0.3, 0.4) is 0 Å². The van der Waals surface area contributed by atoms with Crippen molar-refractivity contribution < 1.29 is 9.18 Å². The minimum atomic E-state index is -0.472. The summed E-state index contributed by atoms with van der Waals surface area (Å²) in [4.78, 5) is 12.6. The van der Waals surface area contributed by atoms with Gasteiger partial charge in [-0.2, -0.15) is 0 Å². The maximum atomic E-state index is 13.5. The summed E-state index contributed by atoms with van der Waals surface area (Å²) in [5, 5.41) is 0. The number of carbonyl (C=O) groups is 1. The van der Waals surface area contributed by atoms with Gasteiger partial charge in [0.1, 0.15) is 5.82 Å². The maximum Gasteiger partial charge on any atom is 0.154 e. The number of halogens is 1. The van der Waals surface area contributed by atoms with Gasteiger partial charge < -0.3 is 0 Å². The lowest BCUT2D eigenvalue weighted by atomic mass is 10.2. The van der Waals surface area contributed by atoms with E-state index in [1.807, 2.05) is 32.0 Å². The lowest BCUT2D eigenvalue weighted by molar-refractivity contribution is 0.111. The van der Waals surface area contributed by atoms with Crippen molar-refractivity contribution in [3.05, 3.63) is 58.9 Å². The van der Waals surface area contributed by atoms with Crippen molar-refractivity contribution in [3.63, 3.8) is 0 Å². The Kier molecular flexibility index (Phi) is 3.82. The van der Waals surface area contributed by atoms with E-state index in [0.717, 1.165) is 16.0 Å². The van der Waals surface area contributed by atoms with E-state index in [2.05, 4.69) is 0 Å². The zero-order chi connectivity index (χ0) is 13.1. The molecular formula is C15H13FOS. The molecule has 0 aromatic heterocycles. The van der Waals surface area contributed by atoms with Gasteiger partial charge in [-0.25, -0.2) is 4.39 Å². The molecule has 0 bridgehead atoms. The van der Waals surface area contributed by atoms with Crippen LogP contribution in [0.1, 0.15) is 21.5 Å². The third kappa shape index (κ3) is 2.62. The van der Waals surface area contributed by atoms with Gasteiger partial charge in [0.2, 0.25) is 0 Å². The molecule has 2 rings (SSSR count). The van der Waals surface area contributed by atoms with Crippen LogP contribution in [0.15, 0.2) is 46.2 Å². The summed E-state index contributed by atoms with van der Waals surface area (Å²) in [5.41, 5.74) is 2.39. The quantitative estimate of drug-likeness (QED) is 0.760. The van der Waals surface area contributed by atoms with Crippen molar-refractivity contribution in [2.45, 2.75) is 23.6 Å². The fraction of sp³-hybridized carbons (Fsp3) is 0.133. The second-order valence-corrected chi connectivity index (χ2v) is 5.22. The monoisotopic (exact) mass is 260 g/mol. The Morgan fingerprint density at radius 3 is 2.61 bits per heavy atom. The normalized spacial score (nSPS) is 10.4. The van der Waals surface area contributed by atoms with Crippen molar-refractivity contribution >= 4 is 18.0 Å². The van der Waals surface area contributed by atoms with Crippen LogP contribution in [0.4, 0.5) is 4.39 Å². The van der Waals surface area contributed by atoms with Gasteiger partial charge >= 0.3 is 0 Å². The molecule has 0 aliphatic heterocycles. The van der Waals surface area contributed by atoms with E-state index < -0.39 is 5.82 Å². The van der Waals surface area contributed by atoms with E-state index in [-0.39, 0.29) is 5.56 Å². The van der Waals surface area contributed by atoms with E-state index in [1.165, 1.54) is 17.8 Å². The summed E-state index contributed by atoms with van der Waals surface area (Å²) in [6.45, 7) is 4.01. The maximum absolute atomic E-state index is 13.5. The van der Waals surface area contributed by atoms with Crippen LogP contribution >= 0.6 is 11.8 Å². The zero-order valence-electron chi connectivity index (χ0n) is 10.2. The summed E-state index contributed by atoms with van der Waals surface area (Å²) >= 11 is 1.42. The molecule has 0 spiro atoms. The number of carbonyl (C=O) groups excluding carboxylic acids is 1. The largest absolute Gasteiger partial charge is 0.298 e. The van der Waals surface area contributed by atoms with Crippen LogP contribution in [0.5, 0.6) is 0 Å². The topological polar surface area (TPSA) is 17.1 Å². The number of benzene rings is 2. The molecular weight excluding hydrogens is 247 g/mol. The molecule has 1 nitrogen and oxygen atoms in total. The Labute approximate surface area is 110 Å². The van der Waals surface area contributed by atoms with E-state index in [1.54, 1.807) is 12.1 Å². The number of hydrogen-bond donors (Lipinski definition) is 0. The van der Waals surface area contributed by atoms with Gasteiger partial charge in [0, 0.05) is 9.79 Å².